The molecule has 1 aliphatic rings. The van der Waals surface area contributed by atoms with Crippen molar-refractivity contribution in [2.24, 2.45) is 5.73 Å². The van der Waals surface area contributed by atoms with Gasteiger partial charge in [-0.2, -0.15) is 0 Å². The molecule has 20 heavy (non-hydrogen) atoms. The van der Waals surface area contributed by atoms with Crippen molar-refractivity contribution < 1.29 is 13.5 Å². The van der Waals surface area contributed by atoms with Gasteiger partial charge in [0.1, 0.15) is 11.9 Å². The van der Waals surface area contributed by atoms with Gasteiger partial charge in [0.2, 0.25) is 0 Å². The SMILES string of the molecule is NC1CC(c2cccc(F)c2F)Oc2ccc(Cl)cc21. The van der Waals surface area contributed by atoms with E-state index >= 15 is 0 Å². The number of nitrogens with two attached hydrogens (primary N) is 1. The van der Waals surface area contributed by atoms with Crippen molar-refractivity contribution in [1.82, 2.24) is 0 Å². The highest BCUT2D eigenvalue weighted by Crippen LogP contribution is 2.41. The van der Waals surface area contributed by atoms with E-state index in [0.29, 0.717) is 17.2 Å². The highest BCUT2D eigenvalue weighted by atomic mass is 35.5. The van der Waals surface area contributed by atoms with Gasteiger partial charge < -0.3 is 10.5 Å². The van der Waals surface area contributed by atoms with Crippen molar-refractivity contribution >= 4 is 11.6 Å². The predicted molar refractivity (Wildman–Crippen MR) is 72.7 cm³/mol. The second-order valence-corrected chi connectivity index (χ2v) is 5.21. The van der Waals surface area contributed by atoms with Crippen molar-refractivity contribution in [3.63, 3.8) is 0 Å². The smallest absolute Gasteiger partial charge is 0.165 e. The van der Waals surface area contributed by atoms with Crippen LogP contribution in [0, 0.1) is 11.6 Å². The summed E-state index contributed by atoms with van der Waals surface area (Å²) in [6.07, 6.45) is -0.234. The summed E-state index contributed by atoms with van der Waals surface area (Å²) in [6, 6.07) is 8.83. The number of hydrogen-bond acceptors (Lipinski definition) is 2. The van der Waals surface area contributed by atoms with Gasteiger partial charge in [-0.15, -0.1) is 0 Å². The Balaban J connectivity index is 1.99. The maximum atomic E-state index is 13.8. The average Bonchev–Trinajstić information content (AvgIpc) is 2.42. The van der Waals surface area contributed by atoms with Gasteiger partial charge in [0, 0.05) is 28.6 Å². The van der Waals surface area contributed by atoms with Crippen molar-refractivity contribution in [3.05, 3.63) is 64.2 Å². The van der Waals surface area contributed by atoms with Crippen LogP contribution in [0.2, 0.25) is 5.02 Å². The fourth-order valence-corrected chi connectivity index (χ4v) is 2.62. The first-order valence-electron chi connectivity index (χ1n) is 6.22. The summed E-state index contributed by atoms with van der Waals surface area (Å²) >= 11 is 5.92. The van der Waals surface area contributed by atoms with Crippen LogP contribution in [0.5, 0.6) is 5.75 Å². The van der Waals surface area contributed by atoms with Gasteiger partial charge in [-0.25, -0.2) is 8.78 Å². The first kappa shape index (κ1) is 13.3. The Labute approximate surface area is 120 Å². The van der Waals surface area contributed by atoms with E-state index in [2.05, 4.69) is 0 Å². The van der Waals surface area contributed by atoms with E-state index in [9.17, 15) is 8.78 Å². The Morgan fingerprint density at radius 3 is 2.75 bits per heavy atom. The molecule has 0 aromatic heterocycles. The summed E-state index contributed by atoms with van der Waals surface area (Å²) < 4.78 is 32.9. The van der Waals surface area contributed by atoms with Crippen LogP contribution in [0.15, 0.2) is 36.4 Å². The number of fused-ring (bicyclic) bond motifs is 1. The summed E-state index contributed by atoms with van der Waals surface area (Å²) in [5, 5.41) is 0.568. The molecule has 0 spiro atoms. The van der Waals surface area contributed by atoms with Gasteiger partial charge in [0.25, 0.3) is 0 Å². The number of halogens is 3. The third-order valence-electron chi connectivity index (χ3n) is 3.44. The Bertz CT molecular complexity index is 662. The molecule has 0 saturated heterocycles. The summed E-state index contributed by atoms with van der Waals surface area (Å²) in [7, 11) is 0. The molecule has 1 aliphatic heterocycles. The third-order valence-corrected chi connectivity index (χ3v) is 3.67. The van der Waals surface area contributed by atoms with Crippen LogP contribution in [0.1, 0.15) is 29.7 Å². The van der Waals surface area contributed by atoms with Gasteiger partial charge in [0.15, 0.2) is 11.6 Å². The predicted octanol–water partition coefficient (Wildman–Crippen LogP) is 4.14. The van der Waals surface area contributed by atoms with Crippen LogP contribution in [0.25, 0.3) is 0 Å². The fraction of sp³-hybridized carbons (Fsp3) is 0.200. The quantitative estimate of drug-likeness (QED) is 0.858. The Kier molecular flexibility index (Phi) is 3.36. The van der Waals surface area contributed by atoms with E-state index in [1.54, 1.807) is 18.2 Å². The van der Waals surface area contributed by atoms with Crippen LogP contribution < -0.4 is 10.5 Å². The lowest BCUT2D eigenvalue weighted by atomic mass is 9.93. The van der Waals surface area contributed by atoms with E-state index in [1.807, 2.05) is 0 Å². The Morgan fingerprint density at radius 2 is 1.95 bits per heavy atom. The van der Waals surface area contributed by atoms with Crippen molar-refractivity contribution in [2.75, 3.05) is 0 Å². The van der Waals surface area contributed by atoms with Gasteiger partial charge in [-0.05, 0) is 24.3 Å². The summed E-state index contributed by atoms with van der Waals surface area (Å²) in [5.41, 5.74) is 7.04. The summed E-state index contributed by atoms with van der Waals surface area (Å²) in [4.78, 5) is 0. The van der Waals surface area contributed by atoms with E-state index in [1.165, 1.54) is 12.1 Å². The van der Waals surface area contributed by atoms with E-state index in [0.717, 1.165) is 11.6 Å². The van der Waals surface area contributed by atoms with Crippen molar-refractivity contribution in [3.8, 4) is 5.75 Å². The zero-order chi connectivity index (χ0) is 14.3. The Hall–Kier alpha value is -1.65. The van der Waals surface area contributed by atoms with Gasteiger partial charge in [0.05, 0.1) is 0 Å². The molecule has 0 amide bonds. The number of benzene rings is 2. The highest BCUT2D eigenvalue weighted by molar-refractivity contribution is 6.30. The van der Waals surface area contributed by atoms with Gasteiger partial charge in [-0.3, -0.25) is 0 Å². The van der Waals surface area contributed by atoms with E-state index < -0.39 is 17.7 Å². The molecular weight excluding hydrogens is 284 g/mol. The molecule has 0 fully saturated rings. The van der Waals surface area contributed by atoms with Crippen molar-refractivity contribution in [1.29, 1.82) is 0 Å². The topological polar surface area (TPSA) is 35.2 Å². The van der Waals surface area contributed by atoms with Crippen LogP contribution in [0.4, 0.5) is 8.78 Å². The zero-order valence-electron chi connectivity index (χ0n) is 10.4. The third kappa shape index (κ3) is 2.25. The molecule has 0 radical (unpaired) electrons. The van der Waals surface area contributed by atoms with E-state index in [4.69, 9.17) is 22.1 Å². The molecule has 2 atom stereocenters. The van der Waals surface area contributed by atoms with Crippen LogP contribution in [-0.2, 0) is 0 Å². The first-order chi connectivity index (χ1) is 9.56. The first-order valence-corrected chi connectivity index (χ1v) is 6.59. The number of rotatable bonds is 1. The van der Waals surface area contributed by atoms with Crippen LogP contribution in [-0.4, -0.2) is 0 Å². The summed E-state index contributed by atoms with van der Waals surface area (Å²) in [5.74, 6) is -1.22. The van der Waals surface area contributed by atoms with Crippen LogP contribution >= 0.6 is 11.6 Å². The maximum absolute atomic E-state index is 13.8. The molecular formula is C15H12ClF2NO. The molecule has 0 saturated carbocycles. The fourth-order valence-electron chi connectivity index (χ4n) is 2.43. The lowest BCUT2D eigenvalue weighted by molar-refractivity contribution is 0.156. The van der Waals surface area contributed by atoms with Gasteiger partial charge in [-0.1, -0.05) is 23.7 Å². The molecule has 2 nitrogen and oxygen atoms in total. The highest BCUT2D eigenvalue weighted by Gasteiger charge is 2.29. The zero-order valence-corrected chi connectivity index (χ0v) is 11.2. The normalized spacial score (nSPS) is 21.2. The minimum atomic E-state index is -0.887. The lowest BCUT2D eigenvalue weighted by Gasteiger charge is -2.30. The minimum Gasteiger partial charge on any atom is -0.485 e. The minimum absolute atomic E-state index is 0.182. The van der Waals surface area contributed by atoms with Crippen LogP contribution in [0.3, 0.4) is 0 Å². The number of hydrogen-bond donors (Lipinski definition) is 1. The maximum Gasteiger partial charge on any atom is 0.165 e. The van der Waals surface area contributed by atoms with Gasteiger partial charge >= 0.3 is 0 Å². The van der Waals surface area contributed by atoms with E-state index in [-0.39, 0.29) is 11.6 Å². The molecule has 1 heterocycles. The molecule has 2 N–H and O–H groups in total. The van der Waals surface area contributed by atoms with Crippen molar-refractivity contribution in [2.45, 2.75) is 18.6 Å². The molecule has 104 valence electrons. The molecule has 2 aromatic carbocycles. The molecule has 5 heteroatoms. The standard InChI is InChI=1S/C15H12ClF2NO/c16-8-4-5-13-10(6-8)12(19)7-14(20-13)9-2-1-3-11(17)15(9)18/h1-6,12,14H,7,19H2. The molecule has 2 aromatic rings. The number of ether oxygens (including phenoxy) is 1. The molecule has 0 aliphatic carbocycles. The monoisotopic (exact) mass is 295 g/mol. The summed E-state index contributed by atoms with van der Waals surface area (Å²) in [6.45, 7) is 0. The largest absolute Gasteiger partial charge is 0.485 e. The second-order valence-electron chi connectivity index (χ2n) is 4.77. The second kappa shape index (κ2) is 5.04. The molecule has 0 bridgehead atoms. The molecule has 2 unspecified atom stereocenters. The average molecular weight is 296 g/mol. The molecule has 3 rings (SSSR count). The Morgan fingerprint density at radius 1 is 1.15 bits per heavy atom. The lowest BCUT2D eigenvalue weighted by Crippen LogP contribution is -2.25.